The number of piperidine rings is 1. The van der Waals surface area contributed by atoms with Gasteiger partial charge in [0.2, 0.25) is 5.91 Å². The molecule has 3 aromatic heterocycles. The van der Waals surface area contributed by atoms with Gasteiger partial charge in [0.1, 0.15) is 11.6 Å². The molecule has 1 unspecified atom stereocenters. The number of fused-ring (bicyclic) bond motifs is 2. The fourth-order valence-electron chi connectivity index (χ4n) is 5.30. The summed E-state index contributed by atoms with van der Waals surface area (Å²) in [7, 11) is 0. The predicted molar refractivity (Wildman–Crippen MR) is 120 cm³/mol. The molecule has 2 aliphatic rings. The van der Waals surface area contributed by atoms with Gasteiger partial charge in [-0.2, -0.15) is 18.2 Å². The normalized spacial score (nSPS) is 19.1. The van der Waals surface area contributed by atoms with Crippen molar-refractivity contribution >= 4 is 11.7 Å². The van der Waals surface area contributed by atoms with E-state index in [-0.39, 0.29) is 24.0 Å². The predicted octanol–water partition coefficient (Wildman–Crippen LogP) is 3.42. The summed E-state index contributed by atoms with van der Waals surface area (Å²) >= 11 is 0. The molecule has 1 amide bonds. The van der Waals surface area contributed by atoms with E-state index in [1.807, 2.05) is 4.90 Å². The van der Waals surface area contributed by atoms with Gasteiger partial charge in [-0.3, -0.25) is 4.79 Å². The van der Waals surface area contributed by atoms with E-state index >= 15 is 0 Å². The number of carbonyl (C=O) groups is 1. The molecule has 5 rings (SSSR count). The van der Waals surface area contributed by atoms with Gasteiger partial charge in [-0.15, -0.1) is 15.3 Å². The molecule has 0 saturated carbocycles. The maximum atomic E-state index is 13.1. The van der Waals surface area contributed by atoms with Crippen LogP contribution in [0.15, 0.2) is 0 Å². The van der Waals surface area contributed by atoms with Crippen molar-refractivity contribution in [2.45, 2.75) is 83.9 Å². The summed E-state index contributed by atoms with van der Waals surface area (Å²) in [5.74, 6) is 0.937. The van der Waals surface area contributed by atoms with Gasteiger partial charge in [-0.1, -0.05) is 6.42 Å². The first-order valence-corrected chi connectivity index (χ1v) is 12.2. The maximum absolute atomic E-state index is 13.1. The summed E-state index contributed by atoms with van der Waals surface area (Å²) in [5.41, 5.74) is 1.80. The lowest BCUT2D eigenvalue weighted by Crippen LogP contribution is -2.40. The quantitative estimate of drug-likeness (QED) is 0.556. The lowest BCUT2D eigenvalue weighted by molar-refractivity contribution is -0.144. The van der Waals surface area contributed by atoms with E-state index in [1.54, 1.807) is 13.8 Å². The van der Waals surface area contributed by atoms with E-state index in [1.165, 1.54) is 6.42 Å². The van der Waals surface area contributed by atoms with Crippen molar-refractivity contribution in [3.8, 4) is 0 Å². The van der Waals surface area contributed by atoms with Crippen LogP contribution in [0.2, 0.25) is 0 Å². The zero-order valence-corrected chi connectivity index (χ0v) is 20.0. The lowest BCUT2D eigenvalue weighted by Gasteiger charge is -2.32. The van der Waals surface area contributed by atoms with E-state index in [2.05, 4.69) is 29.8 Å². The second kappa shape index (κ2) is 9.19. The monoisotopic (exact) mass is 490 g/mol. The largest absolute Gasteiger partial charge is 0.453 e. The molecular weight excluding hydrogens is 461 g/mol. The lowest BCUT2D eigenvalue weighted by atomic mass is 9.96. The first-order valence-electron chi connectivity index (χ1n) is 12.2. The number of hydrogen-bond acceptors (Lipinski definition) is 6. The molecule has 35 heavy (non-hydrogen) atoms. The Hall–Kier alpha value is -3.05. The molecule has 3 aromatic rings. The summed E-state index contributed by atoms with van der Waals surface area (Å²) in [5, 5.41) is 12.5. The van der Waals surface area contributed by atoms with E-state index in [0.29, 0.717) is 30.9 Å². The van der Waals surface area contributed by atoms with Gasteiger partial charge in [-0.05, 0) is 51.5 Å². The van der Waals surface area contributed by atoms with Crippen LogP contribution < -0.4 is 0 Å². The topological polar surface area (TPSA) is 94.1 Å². The average Bonchev–Trinajstić information content (AvgIpc) is 3.36. The number of alkyl halides is 3. The Kier molecular flexibility index (Phi) is 6.22. The highest BCUT2D eigenvalue weighted by atomic mass is 19.4. The molecule has 1 fully saturated rings. The minimum Gasteiger partial charge on any atom is -0.342 e. The maximum Gasteiger partial charge on any atom is 0.453 e. The van der Waals surface area contributed by atoms with Crippen molar-refractivity contribution in [1.82, 2.24) is 39.2 Å². The fraction of sp³-hybridized carbons (Fsp3) is 0.652. The Labute approximate surface area is 200 Å². The minimum absolute atomic E-state index is 0.0266. The second-order valence-electron chi connectivity index (χ2n) is 9.52. The Morgan fingerprint density at radius 1 is 1.06 bits per heavy atom. The van der Waals surface area contributed by atoms with Crippen LogP contribution in [0.25, 0.3) is 5.78 Å². The highest BCUT2D eigenvalue weighted by Crippen LogP contribution is 2.29. The van der Waals surface area contributed by atoms with E-state index in [0.717, 1.165) is 60.4 Å². The van der Waals surface area contributed by atoms with Gasteiger partial charge in [0.25, 0.3) is 11.6 Å². The molecule has 2 aliphatic heterocycles. The van der Waals surface area contributed by atoms with Crippen LogP contribution in [-0.4, -0.2) is 58.2 Å². The highest BCUT2D eigenvalue weighted by Gasteiger charge is 2.37. The first-order chi connectivity index (χ1) is 16.7. The molecule has 0 radical (unpaired) electrons. The third kappa shape index (κ3) is 4.62. The molecule has 1 atom stereocenters. The van der Waals surface area contributed by atoms with Gasteiger partial charge >= 0.3 is 6.18 Å². The van der Waals surface area contributed by atoms with Gasteiger partial charge in [-0.25, -0.2) is 9.50 Å². The van der Waals surface area contributed by atoms with E-state index in [9.17, 15) is 18.0 Å². The second-order valence-corrected chi connectivity index (χ2v) is 9.52. The van der Waals surface area contributed by atoms with Crippen LogP contribution in [-0.2, 0) is 30.4 Å². The van der Waals surface area contributed by atoms with Crippen LogP contribution in [0, 0.1) is 13.8 Å². The number of aromatic nitrogens is 7. The van der Waals surface area contributed by atoms with Crippen LogP contribution >= 0.6 is 0 Å². The Morgan fingerprint density at radius 2 is 1.89 bits per heavy atom. The Morgan fingerprint density at radius 3 is 2.69 bits per heavy atom. The zero-order chi connectivity index (χ0) is 24.7. The smallest absolute Gasteiger partial charge is 0.342 e. The number of likely N-dealkylation sites (tertiary alicyclic amines) is 1. The van der Waals surface area contributed by atoms with Crippen molar-refractivity contribution in [1.29, 1.82) is 0 Å². The van der Waals surface area contributed by atoms with Crippen molar-refractivity contribution in [3.05, 3.63) is 34.4 Å². The molecular formula is C23H29F3N8O. The molecule has 188 valence electrons. The van der Waals surface area contributed by atoms with Crippen LogP contribution in [0.5, 0.6) is 0 Å². The summed E-state index contributed by atoms with van der Waals surface area (Å²) in [6.07, 6.45) is 2.29. The fourth-order valence-corrected chi connectivity index (χ4v) is 5.30. The third-order valence-corrected chi connectivity index (χ3v) is 7.17. The zero-order valence-electron chi connectivity index (χ0n) is 20.0. The molecule has 0 aromatic carbocycles. The van der Waals surface area contributed by atoms with Crippen LogP contribution in [0.3, 0.4) is 0 Å². The summed E-state index contributed by atoms with van der Waals surface area (Å²) < 4.78 is 42.5. The first kappa shape index (κ1) is 23.7. The minimum atomic E-state index is -4.64. The van der Waals surface area contributed by atoms with Crippen molar-refractivity contribution < 1.29 is 18.0 Å². The SMILES string of the molecule is Cc1nc2nc(C(F)(F)F)nn2c(C)c1CCC(=O)N1CCCC(c2nnc3n2CCCCC3)C1. The molecule has 5 heterocycles. The van der Waals surface area contributed by atoms with Gasteiger partial charge in [0.15, 0.2) is 0 Å². The molecule has 0 spiro atoms. The van der Waals surface area contributed by atoms with E-state index < -0.39 is 12.0 Å². The molecule has 0 N–H and O–H groups in total. The van der Waals surface area contributed by atoms with Gasteiger partial charge in [0.05, 0.1) is 0 Å². The van der Waals surface area contributed by atoms with Gasteiger partial charge < -0.3 is 9.47 Å². The molecule has 12 heteroatoms. The molecule has 1 saturated heterocycles. The summed E-state index contributed by atoms with van der Waals surface area (Å²) in [6, 6.07) is 0. The van der Waals surface area contributed by atoms with Crippen molar-refractivity contribution in [2.24, 2.45) is 0 Å². The number of amides is 1. The van der Waals surface area contributed by atoms with Crippen molar-refractivity contribution in [3.63, 3.8) is 0 Å². The van der Waals surface area contributed by atoms with E-state index in [4.69, 9.17) is 0 Å². The number of halogens is 3. The Balaban J connectivity index is 1.28. The van der Waals surface area contributed by atoms with Gasteiger partial charge in [0, 0.05) is 49.8 Å². The average molecular weight is 491 g/mol. The summed E-state index contributed by atoms with van der Waals surface area (Å²) in [4.78, 5) is 22.7. The number of aryl methyl sites for hydroxylation is 3. The molecule has 9 nitrogen and oxygen atoms in total. The Bertz CT molecular complexity index is 1250. The number of rotatable bonds is 4. The number of hydrogen-bond donors (Lipinski definition) is 0. The van der Waals surface area contributed by atoms with Crippen LogP contribution in [0.1, 0.15) is 78.9 Å². The standard InChI is InChI=1S/C23H29F3N8O/c1-14-17(15(2)34-22(27-14)28-21(31-34)23(24,25)26)9-10-19(35)32-11-6-7-16(13-32)20-30-29-18-8-4-3-5-12-33(18)20/h16H,3-13H2,1-2H3. The third-order valence-electron chi connectivity index (χ3n) is 7.17. The number of carbonyl (C=O) groups excluding carboxylic acids is 1. The number of nitrogens with zero attached hydrogens (tertiary/aromatic N) is 8. The van der Waals surface area contributed by atoms with Crippen LogP contribution in [0.4, 0.5) is 13.2 Å². The summed E-state index contributed by atoms with van der Waals surface area (Å²) in [6.45, 7) is 5.66. The molecule has 0 bridgehead atoms. The van der Waals surface area contributed by atoms with Crippen molar-refractivity contribution in [2.75, 3.05) is 13.1 Å². The highest BCUT2D eigenvalue weighted by molar-refractivity contribution is 5.76. The molecule has 0 aliphatic carbocycles.